The van der Waals surface area contributed by atoms with E-state index >= 15 is 0 Å². The van der Waals surface area contributed by atoms with Crippen LogP contribution in [0.25, 0.3) is 0 Å². The van der Waals surface area contributed by atoms with Crippen molar-refractivity contribution >= 4 is 0 Å². The van der Waals surface area contributed by atoms with Crippen molar-refractivity contribution in [2.45, 2.75) is 66.7 Å². The van der Waals surface area contributed by atoms with Crippen LogP contribution in [-0.2, 0) is 6.42 Å². The van der Waals surface area contributed by atoms with Gasteiger partial charge in [0.2, 0.25) is 0 Å². The lowest BCUT2D eigenvalue weighted by molar-refractivity contribution is 0.787. The summed E-state index contributed by atoms with van der Waals surface area (Å²) >= 11 is 0. The van der Waals surface area contributed by atoms with Gasteiger partial charge in [-0.1, -0.05) is 66.7 Å². The van der Waals surface area contributed by atoms with Crippen molar-refractivity contribution in [3.05, 3.63) is 34.9 Å². The molecule has 1 rings (SSSR count). The predicted octanol–water partition coefficient (Wildman–Crippen LogP) is 5.52. The minimum atomic E-state index is 0.637. The molecule has 0 heterocycles. The van der Waals surface area contributed by atoms with E-state index < -0.39 is 0 Å². The number of hydrogen-bond acceptors (Lipinski definition) is 0. The van der Waals surface area contributed by atoms with E-state index in [0.29, 0.717) is 11.8 Å². The van der Waals surface area contributed by atoms with Crippen LogP contribution >= 0.6 is 0 Å². The molecule has 92 valence electrons. The average Bonchev–Trinajstić information content (AvgIpc) is 2.30. The Morgan fingerprint density at radius 1 is 0.875 bits per heavy atom. The van der Waals surface area contributed by atoms with Gasteiger partial charge in [-0.2, -0.15) is 0 Å². The zero-order valence-electron chi connectivity index (χ0n) is 12.1. The van der Waals surface area contributed by atoms with Gasteiger partial charge in [0.05, 0.1) is 0 Å². The molecule has 0 bridgehead atoms. The zero-order chi connectivity index (χ0) is 12.7. The third kappa shape index (κ3) is 4.00. The first-order chi connectivity index (χ1) is 7.56. The van der Waals surface area contributed by atoms with Crippen molar-refractivity contribution in [1.82, 2.24) is 0 Å². The topological polar surface area (TPSA) is 0 Å². The molecule has 1 aromatic carbocycles. The smallest absolute Gasteiger partial charge is 0.0216 e. The Labute approximate surface area is 102 Å². The number of aryl methyl sites for hydroxylation is 1. The molecule has 0 amide bonds. The number of benzene rings is 1. The van der Waals surface area contributed by atoms with Crippen LogP contribution in [0, 0.1) is 0 Å². The van der Waals surface area contributed by atoms with E-state index in [0.717, 1.165) is 6.42 Å². The summed E-state index contributed by atoms with van der Waals surface area (Å²) in [6.45, 7) is 15.3. The van der Waals surface area contributed by atoms with Crippen LogP contribution in [0.2, 0.25) is 0 Å². The van der Waals surface area contributed by atoms with Crippen molar-refractivity contribution in [1.29, 1.82) is 0 Å². The van der Waals surface area contributed by atoms with Gasteiger partial charge < -0.3 is 0 Å². The first-order valence-corrected chi connectivity index (χ1v) is 6.69. The summed E-state index contributed by atoms with van der Waals surface area (Å²) in [7, 11) is 0. The Balaban J connectivity index is 0.00000106. The summed E-state index contributed by atoms with van der Waals surface area (Å²) in [5, 5.41) is 0. The van der Waals surface area contributed by atoms with Gasteiger partial charge in [-0.3, -0.25) is 0 Å². The van der Waals surface area contributed by atoms with E-state index in [2.05, 4.69) is 52.8 Å². The zero-order valence-corrected chi connectivity index (χ0v) is 12.1. The molecule has 0 nitrogen and oxygen atoms in total. The molecule has 0 aromatic heterocycles. The van der Waals surface area contributed by atoms with Gasteiger partial charge in [-0.15, -0.1) is 0 Å². The van der Waals surface area contributed by atoms with Crippen molar-refractivity contribution in [2.75, 3.05) is 0 Å². The highest BCUT2D eigenvalue weighted by Gasteiger charge is 2.09. The highest BCUT2D eigenvalue weighted by atomic mass is 14.1. The Kier molecular flexibility index (Phi) is 7.12. The van der Waals surface area contributed by atoms with E-state index in [1.54, 1.807) is 0 Å². The molecule has 0 aliphatic carbocycles. The van der Waals surface area contributed by atoms with Gasteiger partial charge in [-0.25, -0.2) is 0 Å². The highest BCUT2D eigenvalue weighted by molar-refractivity contribution is 5.36. The molecular weight excluding hydrogens is 192 g/mol. The van der Waals surface area contributed by atoms with Crippen LogP contribution in [0.1, 0.15) is 77.0 Å². The lowest BCUT2D eigenvalue weighted by Crippen LogP contribution is -1.99. The summed E-state index contributed by atoms with van der Waals surface area (Å²) in [5.41, 5.74) is 4.50. The van der Waals surface area contributed by atoms with Crippen molar-refractivity contribution < 1.29 is 0 Å². The van der Waals surface area contributed by atoms with Gasteiger partial charge in [0.15, 0.2) is 0 Å². The SMILES string of the molecule is CC.CCc1ccc(C(C)C)c(C(C)C)c1. The Bertz CT molecular complexity index is 295. The van der Waals surface area contributed by atoms with E-state index in [4.69, 9.17) is 0 Å². The van der Waals surface area contributed by atoms with Crippen LogP contribution < -0.4 is 0 Å². The van der Waals surface area contributed by atoms with Gasteiger partial charge >= 0.3 is 0 Å². The Morgan fingerprint density at radius 2 is 1.38 bits per heavy atom. The van der Waals surface area contributed by atoms with Crippen LogP contribution in [0.5, 0.6) is 0 Å². The maximum atomic E-state index is 2.38. The normalized spacial score (nSPS) is 10.3. The molecule has 0 atom stereocenters. The fourth-order valence-electron chi connectivity index (χ4n) is 1.87. The number of hydrogen-bond donors (Lipinski definition) is 0. The van der Waals surface area contributed by atoms with Gasteiger partial charge in [0.25, 0.3) is 0 Å². The lowest BCUT2D eigenvalue weighted by atomic mass is 9.89. The third-order valence-electron chi connectivity index (χ3n) is 2.80. The molecular formula is C16H28. The fourth-order valence-corrected chi connectivity index (χ4v) is 1.87. The molecule has 1 aromatic rings. The Morgan fingerprint density at radius 3 is 1.75 bits per heavy atom. The summed E-state index contributed by atoms with van der Waals surface area (Å²) in [6, 6.07) is 6.94. The van der Waals surface area contributed by atoms with Crippen LogP contribution in [-0.4, -0.2) is 0 Å². The largest absolute Gasteiger partial charge is 0.0683 e. The second-order valence-corrected chi connectivity index (χ2v) is 4.63. The molecule has 0 aliphatic rings. The molecule has 16 heavy (non-hydrogen) atoms. The van der Waals surface area contributed by atoms with Gasteiger partial charge in [0, 0.05) is 0 Å². The molecule has 0 saturated carbocycles. The standard InChI is InChI=1S/C14H22.C2H6/c1-6-12-7-8-13(10(2)3)14(9-12)11(4)5;1-2/h7-11H,6H2,1-5H3;1-2H3. The minimum Gasteiger partial charge on any atom is -0.0683 e. The Hall–Kier alpha value is -0.780. The summed E-state index contributed by atoms with van der Waals surface area (Å²) in [5.74, 6) is 1.28. The lowest BCUT2D eigenvalue weighted by Gasteiger charge is -2.17. The van der Waals surface area contributed by atoms with Gasteiger partial charge in [0.1, 0.15) is 0 Å². The third-order valence-corrected chi connectivity index (χ3v) is 2.80. The quantitative estimate of drug-likeness (QED) is 0.629. The van der Waals surface area contributed by atoms with Gasteiger partial charge in [-0.05, 0) is 34.9 Å². The summed E-state index contributed by atoms with van der Waals surface area (Å²) in [6.07, 6.45) is 1.14. The van der Waals surface area contributed by atoms with Crippen molar-refractivity contribution in [2.24, 2.45) is 0 Å². The second-order valence-electron chi connectivity index (χ2n) is 4.63. The summed E-state index contributed by atoms with van der Waals surface area (Å²) in [4.78, 5) is 0. The van der Waals surface area contributed by atoms with E-state index in [1.807, 2.05) is 13.8 Å². The van der Waals surface area contributed by atoms with Crippen LogP contribution in [0.15, 0.2) is 18.2 Å². The van der Waals surface area contributed by atoms with E-state index in [9.17, 15) is 0 Å². The maximum absolute atomic E-state index is 2.38. The molecule has 0 radical (unpaired) electrons. The van der Waals surface area contributed by atoms with Crippen LogP contribution in [0.3, 0.4) is 0 Å². The molecule has 0 N–H and O–H groups in total. The van der Waals surface area contributed by atoms with Crippen molar-refractivity contribution in [3.8, 4) is 0 Å². The number of rotatable bonds is 3. The monoisotopic (exact) mass is 220 g/mol. The molecule has 0 fully saturated rings. The van der Waals surface area contributed by atoms with Crippen molar-refractivity contribution in [3.63, 3.8) is 0 Å². The molecule has 0 saturated heterocycles. The molecule has 0 unspecified atom stereocenters. The fraction of sp³-hybridized carbons (Fsp3) is 0.625. The average molecular weight is 220 g/mol. The molecule has 0 heteroatoms. The summed E-state index contributed by atoms with van der Waals surface area (Å²) < 4.78 is 0. The molecule has 0 spiro atoms. The first kappa shape index (κ1) is 15.2. The highest BCUT2D eigenvalue weighted by Crippen LogP contribution is 2.27. The first-order valence-electron chi connectivity index (χ1n) is 6.69. The van der Waals surface area contributed by atoms with E-state index in [1.165, 1.54) is 16.7 Å². The molecule has 0 aliphatic heterocycles. The predicted molar refractivity (Wildman–Crippen MR) is 75.3 cm³/mol. The van der Waals surface area contributed by atoms with E-state index in [-0.39, 0.29) is 0 Å². The van der Waals surface area contributed by atoms with Crippen LogP contribution in [0.4, 0.5) is 0 Å². The minimum absolute atomic E-state index is 0.637. The second kappa shape index (κ2) is 7.49. The maximum Gasteiger partial charge on any atom is -0.0216 e.